The molecule has 1 N–H and O–H groups in total. The number of benzene rings is 3. The van der Waals surface area contributed by atoms with E-state index in [1.165, 1.54) is 21.3 Å². The number of hydrogen-bond acceptors (Lipinski definition) is 6. The molecule has 1 aromatic heterocycles. The van der Waals surface area contributed by atoms with Gasteiger partial charge in [-0.3, -0.25) is 4.79 Å². The summed E-state index contributed by atoms with van der Waals surface area (Å²) < 4.78 is 17.1. The molecule has 0 saturated carbocycles. The number of aromatic nitrogens is 1. The Balaban J connectivity index is 1.56. The average molecular weight is 420 g/mol. The SMILES string of the molecule is COc1cc(OC)c(C(=O)Nc2ccc(-c3nc4ccccc4s3)cc2)cc1OC. The van der Waals surface area contributed by atoms with Crippen molar-refractivity contribution in [3.63, 3.8) is 0 Å². The van der Waals surface area contributed by atoms with Gasteiger partial charge in [-0.25, -0.2) is 4.98 Å². The number of methoxy groups -OCH3 is 3. The summed E-state index contributed by atoms with van der Waals surface area (Å²) in [5.74, 6) is 1.04. The number of fused-ring (bicyclic) bond motifs is 1. The minimum absolute atomic E-state index is 0.305. The number of nitrogens with one attached hydrogen (secondary N) is 1. The Hall–Kier alpha value is -3.58. The number of nitrogens with zero attached hydrogens (tertiary/aromatic N) is 1. The first-order valence-electron chi connectivity index (χ1n) is 9.20. The van der Waals surface area contributed by atoms with Crippen LogP contribution in [0.2, 0.25) is 0 Å². The second kappa shape index (κ2) is 8.42. The summed E-state index contributed by atoms with van der Waals surface area (Å²) in [6.45, 7) is 0. The van der Waals surface area contributed by atoms with Crippen molar-refractivity contribution < 1.29 is 19.0 Å². The molecule has 0 aliphatic heterocycles. The van der Waals surface area contributed by atoms with E-state index in [-0.39, 0.29) is 5.91 Å². The first kappa shape index (κ1) is 19.7. The fourth-order valence-corrected chi connectivity index (χ4v) is 4.07. The van der Waals surface area contributed by atoms with Crippen LogP contribution in [-0.2, 0) is 0 Å². The van der Waals surface area contributed by atoms with Gasteiger partial charge in [-0.2, -0.15) is 0 Å². The number of carbonyl (C=O) groups is 1. The van der Waals surface area contributed by atoms with Crippen LogP contribution in [0, 0.1) is 0 Å². The number of para-hydroxylation sites is 1. The van der Waals surface area contributed by atoms with Crippen LogP contribution in [0.3, 0.4) is 0 Å². The van der Waals surface area contributed by atoms with Crippen LogP contribution in [0.15, 0.2) is 60.7 Å². The highest BCUT2D eigenvalue weighted by atomic mass is 32.1. The maximum absolute atomic E-state index is 12.8. The molecule has 1 amide bonds. The number of thiazole rings is 1. The highest BCUT2D eigenvalue weighted by Gasteiger charge is 2.18. The van der Waals surface area contributed by atoms with Crippen LogP contribution < -0.4 is 19.5 Å². The molecule has 0 saturated heterocycles. The highest BCUT2D eigenvalue weighted by Crippen LogP contribution is 2.35. The Labute approximate surface area is 178 Å². The van der Waals surface area contributed by atoms with Gasteiger partial charge in [-0.05, 0) is 36.4 Å². The zero-order chi connectivity index (χ0) is 21.1. The molecule has 3 aromatic carbocycles. The van der Waals surface area contributed by atoms with E-state index < -0.39 is 0 Å². The second-order valence-corrected chi connectivity index (χ2v) is 7.46. The van der Waals surface area contributed by atoms with E-state index in [1.54, 1.807) is 23.5 Å². The van der Waals surface area contributed by atoms with Gasteiger partial charge in [0, 0.05) is 23.4 Å². The van der Waals surface area contributed by atoms with Crippen molar-refractivity contribution in [2.45, 2.75) is 0 Å². The Kier molecular flexibility index (Phi) is 5.54. The first-order valence-corrected chi connectivity index (χ1v) is 10.0. The molecule has 0 aliphatic rings. The van der Waals surface area contributed by atoms with Gasteiger partial charge in [0.2, 0.25) is 0 Å². The average Bonchev–Trinajstić information content (AvgIpc) is 3.22. The summed E-state index contributed by atoms with van der Waals surface area (Å²) in [5, 5.41) is 3.84. The second-order valence-electron chi connectivity index (χ2n) is 6.43. The molecule has 1 heterocycles. The lowest BCUT2D eigenvalue weighted by molar-refractivity contribution is 0.102. The van der Waals surface area contributed by atoms with E-state index in [1.807, 2.05) is 42.5 Å². The van der Waals surface area contributed by atoms with Gasteiger partial charge in [0.05, 0.1) is 37.1 Å². The topological polar surface area (TPSA) is 69.7 Å². The summed E-state index contributed by atoms with van der Waals surface area (Å²) in [4.78, 5) is 17.5. The van der Waals surface area contributed by atoms with Gasteiger partial charge >= 0.3 is 0 Å². The van der Waals surface area contributed by atoms with Gasteiger partial charge < -0.3 is 19.5 Å². The number of ether oxygens (including phenoxy) is 3. The van der Waals surface area contributed by atoms with Crippen LogP contribution in [0.4, 0.5) is 5.69 Å². The van der Waals surface area contributed by atoms with Crippen molar-refractivity contribution in [2.75, 3.05) is 26.6 Å². The van der Waals surface area contributed by atoms with Crippen molar-refractivity contribution in [3.05, 3.63) is 66.2 Å². The van der Waals surface area contributed by atoms with Crippen LogP contribution in [-0.4, -0.2) is 32.2 Å². The summed E-state index contributed by atoms with van der Waals surface area (Å²) in [7, 11) is 4.56. The van der Waals surface area contributed by atoms with Gasteiger partial charge in [0.1, 0.15) is 10.8 Å². The molecule has 0 atom stereocenters. The molecule has 152 valence electrons. The molecular weight excluding hydrogens is 400 g/mol. The molecule has 0 unspecified atom stereocenters. The Bertz CT molecular complexity index is 1170. The normalized spacial score (nSPS) is 10.6. The maximum atomic E-state index is 12.8. The lowest BCUT2D eigenvalue weighted by atomic mass is 10.1. The highest BCUT2D eigenvalue weighted by molar-refractivity contribution is 7.21. The third-order valence-electron chi connectivity index (χ3n) is 4.63. The summed E-state index contributed by atoms with van der Waals surface area (Å²) in [6.07, 6.45) is 0. The zero-order valence-electron chi connectivity index (χ0n) is 16.8. The lowest BCUT2D eigenvalue weighted by Crippen LogP contribution is -2.13. The van der Waals surface area contributed by atoms with Crippen LogP contribution in [0.5, 0.6) is 17.2 Å². The standard InChI is InChI=1S/C23H20N2O4S/c1-27-18-13-20(29-3)19(28-2)12-16(18)22(26)24-15-10-8-14(9-11-15)23-25-17-6-4-5-7-21(17)30-23/h4-13H,1-3H3,(H,24,26). The third kappa shape index (κ3) is 3.79. The van der Waals surface area contributed by atoms with Gasteiger partial charge in [-0.1, -0.05) is 12.1 Å². The van der Waals surface area contributed by atoms with Crippen molar-refractivity contribution in [2.24, 2.45) is 0 Å². The lowest BCUT2D eigenvalue weighted by Gasteiger charge is -2.14. The molecule has 4 aromatic rings. The van der Waals surface area contributed by atoms with E-state index in [0.717, 1.165) is 20.8 Å². The minimum atomic E-state index is -0.305. The maximum Gasteiger partial charge on any atom is 0.259 e. The van der Waals surface area contributed by atoms with E-state index in [0.29, 0.717) is 28.5 Å². The molecule has 6 nitrogen and oxygen atoms in total. The fraction of sp³-hybridized carbons (Fsp3) is 0.130. The zero-order valence-corrected chi connectivity index (χ0v) is 17.6. The number of anilines is 1. The monoisotopic (exact) mass is 420 g/mol. The number of hydrogen-bond donors (Lipinski definition) is 1. The van der Waals surface area contributed by atoms with Gasteiger partial charge in [-0.15, -0.1) is 11.3 Å². The van der Waals surface area contributed by atoms with Crippen LogP contribution >= 0.6 is 11.3 Å². The van der Waals surface area contributed by atoms with Crippen LogP contribution in [0.25, 0.3) is 20.8 Å². The predicted octanol–water partition coefficient (Wildman–Crippen LogP) is 5.24. The molecule has 30 heavy (non-hydrogen) atoms. The van der Waals surface area contributed by atoms with Gasteiger partial charge in [0.25, 0.3) is 5.91 Å². The number of carbonyl (C=O) groups excluding carboxylic acids is 1. The van der Waals surface area contributed by atoms with Crippen molar-refractivity contribution in [1.82, 2.24) is 4.98 Å². The summed E-state index contributed by atoms with van der Waals surface area (Å²) in [5.41, 5.74) is 3.00. The Morgan fingerprint density at radius 1 is 0.867 bits per heavy atom. The van der Waals surface area contributed by atoms with Crippen molar-refractivity contribution in [1.29, 1.82) is 0 Å². The van der Waals surface area contributed by atoms with E-state index >= 15 is 0 Å². The summed E-state index contributed by atoms with van der Waals surface area (Å²) >= 11 is 1.64. The Morgan fingerprint density at radius 2 is 1.53 bits per heavy atom. The van der Waals surface area contributed by atoms with Crippen molar-refractivity contribution >= 4 is 33.1 Å². The number of amides is 1. The minimum Gasteiger partial charge on any atom is -0.496 e. The molecule has 4 rings (SSSR count). The molecule has 0 bridgehead atoms. The largest absolute Gasteiger partial charge is 0.496 e. The smallest absolute Gasteiger partial charge is 0.259 e. The molecule has 0 fully saturated rings. The molecule has 0 spiro atoms. The van der Waals surface area contributed by atoms with Crippen molar-refractivity contribution in [3.8, 4) is 27.8 Å². The third-order valence-corrected chi connectivity index (χ3v) is 5.72. The van der Waals surface area contributed by atoms with E-state index in [2.05, 4.69) is 16.4 Å². The summed E-state index contributed by atoms with van der Waals surface area (Å²) in [6, 6.07) is 18.9. The fourth-order valence-electron chi connectivity index (χ4n) is 3.10. The molecular formula is C23H20N2O4S. The number of rotatable bonds is 6. The predicted molar refractivity (Wildman–Crippen MR) is 119 cm³/mol. The van der Waals surface area contributed by atoms with E-state index in [9.17, 15) is 4.79 Å². The van der Waals surface area contributed by atoms with E-state index in [4.69, 9.17) is 14.2 Å². The molecule has 7 heteroatoms. The van der Waals surface area contributed by atoms with Crippen LogP contribution in [0.1, 0.15) is 10.4 Å². The quantitative estimate of drug-likeness (QED) is 0.462. The van der Waals surface area contributed by atoms with Gasteiger partial charge in [0.15, 0.2) is 11.5 Å². The molecule has 0 radical (unpaired) electrons. The molecule has 0 aliphatic carbocycles. The Morgan fingerprint density at radius 3 is 2.20 bits per heavy atom. The first-order chi connectivity index (χ1) is 14.6.